The van der Waals surface area contributed by atoms with Gasteiger partial charge in [0.15, 0.2) is 16.6 Å². The molecule has 0 aliphatic rings. The van der Waals surface area contributed by atoms with Crippen LogP contribution >= 0.6 is 22.9 Å². The second kappa shape index (κ2) is 7.00. The zero-order valence-electron chi connectivity index (χ0n) is 12.6. The van der Waals surface area contributed by atoms with Crippen molar-refractivity contribution >= 4 is 28.1 Å². The molecule has 0 unspecified atom stereocenters. The Labute approximate surface area is 134 Å². The lowest BCUT2D eigenvalue weighted by Gasteiger charge is -2.11. The van der Waals surface area contributed by atoms with Crippen LogP contribution in [0.1, 0.15) is 13.8 Å². The van der Waals surface area contributed by atoms with Gasteiger partial charge in [0.05, 0.1) is 24.1 Å². The fourth-order valence-electron chi connectivity index (χ4n) is 1.85. The quantitative estimate of drug-likeness (QED) is 0.845. The minimum Gasteiger partial charge on any atom is -0.493 e. The summed E-state index contributed by atoms with van der Waals surface area (Å²) < 4.78 is 10.6. The lowest BCUT2D eigenvalue weighted by Crippen LogP contribution is -2.07. The Morgan fingerprint density at radius 2 is 2.05 bits per heavy atom. The zero-order valence-corrected chi connectivity index (χ0v) is 14.1. The number of hydrogen-bond acceptors (Lipinski definition) is 5. The van der Waals surface area contributed by atoms with Crippen molar-refractivity contribution in [2.75, 3.05) is 26.1 Å². The summed E-state index contributed by atoms with van der Waals surface area (Å²) in [7, 11) is 3.17. The van der Waals surface area contributed by atoms with Gasteiger partial charge in [-0.15, -0.1) is 0 Å². The van der Waals surface area contributed by atoms with Crippen LogP contribution < -0.4 is 14.8 Å². The summed E-state index contributed by atoms with van der Waals surface area (Å²) in [5, 5.41) is 4.74. The van der Waals surface area contributed by atoms with Crippen LogP contribution in [0.2, 0.25) is 5.02 Å². The highest BCUT2D eigenvalue weighted by molar-refractivity contribution is 7.18. The van der Waals surface area contributed by atoms with Crippen LogP contribution in [0.25, 0.3) is 10.4 Å². The van der Waals surface area contributed by atoms with E-state index in [0.29, 0.717) is 22.4 Å². The first-order chi connectivity index (χ1) is 10.1. The highest BCUT2D eigenvalue weighted by Gasteiger charge is 2.16. The lowest BCUT2D eigenvalue weighted by molar-refractivity contribution is 0.355. The van der Waals surface area contributed by atoms with E-state index in [0.717, 1.165) is 22.1 Å². The van der Waals surface area contributed by atoms with Crippen molar-refractivity contribution in [3.05, 3.63) is 23.4 Å². The Balaban J connectivity index is 2.30. The molecule has 1 aromatic heterocycles. The molecule has 2 rings (SSSR count). The highest BCUT2D eigenvalue weighted by Crippen LogP contribution is 2.43. The number of ether oxygens (including phenoxy) is 2. The fourth-order valence-corrected chi connectivity index (χ4v) is 3.10. The molecule has 1 aromatic carbocycles. The zero-order chi connectivity index (χ0) is 15.4. The Hall–Kier alpha value is -1.46. The van der Waals surface area contributed by atoms with E-state index in [1.165, 1.54) is 0 Å². The largest absolute Gasteiger partial charge is 0.493 e. The topological polar surface area (TPSA) is 43.4 Å². The Morgan fingerprint density at radius 1 is 1.29 bits per heavy atom. The normalized spacial score (nSPS) is 10.8. The van der Waals surface area contributed by atoms with Crippen molar-refractivity contribution < 1.29 is 9.47 Å². The van der Waals surface area contributed by atoms with E-state index < -0.39 is 0 Å². The summed E-state index contributed by atoms with van der Waals surface area (Å²) in [6.45, 7) is 5.21. The van der Waals surface area contributed by atoms with Crippen LogP contribution in [0.15, 0.2) is 18.3 Å². The van der Waals surface area contributed by atoms with Gasteiger partial charge in [0.2, 0.25) is 0 Å². The van der Waals surface area contributed by atoms with Gasteiger partial charge in [-0.25, -0.2) is 4.98 Å². The SMILES string of the molecule is COc1ccc(-c2cnc(NCC(C)C)s2)c(Cl)c1OC. The van der Waals surface area contributed by atoms with Crippen molar-refractivity contribution in [3.8, 4) is 21.9 Å². The molecular formula is C15H19ClN2O2S. The molecule has 0 spiro atoms. The molecule has 0 atom stereocenters. The standard InChI is InChI=1S/C15H19ClN2O2S/c1-9(2)7-17-15-18-8-12(21-15)10-5-6-11(19-3)14(20-4)13(10)16/h5-6,8-9H,7H2,1-4H3,(H,17,18). The third kappa shape index (κ3) is 3.60. The van der Waals surface area contributed by atoms with E-state index in [4.69, 9.17) is 21.1 Å². The van der Waals surface area contributed by atoms with Crippen molar-refractivity contribution in [1.82, 2.24) is 4.98 Å². The van der Waals surface area contributed by atoms with Crippen LogP contribution in [0.5, 0.6) is 11.5 Å². The third-order valence-corrected chi connectivity index (χ3v) is 4.28. The number of hydrogen-bond donors (Lipinski definition) is 1. The van der Waals surface area contributed by atoms with E-state index >= 15 is 0 Å². The maximum atomic E-state index is 6.42. The minimum atomic E-state index is 0.538. The number of aromatic nitrogens is 1. The molecule has 0 radical (unpaired) electrons. The summed E-state index contributed by atoms with van der Waals surface area (Å²) in [5.74, 6) is 1.73. The van der Waals surface area contributed by atoms with Gasteiger partial charge in [-0.05, 0) is 18.1 Å². The van der Waals surface area contributed by atoms with Crippen LogP contribution in [-0.2, 0) is 0 Å². The molecule has 114 valence electrons. The first kappa shape index (κ1) is 15.9. The molecule has 0 aliphatic carbocycles. The van der Waals surface area contributed by atoms with Gasteiger partial charge in [-0.2, -0.15) is 0 Å². The number of anilines is 1. The van der Waals surface area contributed by atoms with Crippen molar-refractivity contribution in [2.24, 2.45) is 5.92 Å². The number of halogens is 1. The molecule has 0 fully saturated rings. The van der Waals surface area contributed by atoms with Crippen LogP contribution in [0, 0.1) is 5.92 Å². The summed E-state index contributed by atoms with van der Waals surface area (Å²) >= 11 is 7.99. The number of rotatable bonds is 6. The molecule has 1 N–H and O–H groups in total. The second-order valence-corrected chi connectivity index (χ2v) is 6.38. The lowest BCUT2D eigenvalue weighted by atomic mass is 10.2. The Morgan fingerprint density at radius 3 is 2.67 bits per heavy atom. The fraction of sp³-hybridized carbons (Fsp3) is 0.400. The molecule has 0 saturated carbocycles. The van der Waals surface area contributed by atoms with E-state index in [9.17, 15) is 0 Å². The van der Waals surface area contributed by atoms with E-state index in [-0.39, 0.29) is 0 Å². The van der Waals surface area contributed by atoms with Crippen LogP contribution in [0.4, 0.5) is 5.13 Å². The van der Waals surface area contributed by atoms with Crippen molar-refractivity contribution in [1.29, 1.82) is 0 Å². The molecule has 0 saturated heterocycles. The third-order valence-electron chi connectivity index (χ3n) is 2.92. The average Bonchev–Trinajstić information content (AvgIpc) is 2.93. The van der Waals surface area contributed by atoms with Gasteiger partial charge >= 0.3 is 0 Å². The summed E-state index contributed by atoms with van der Waals surface area (Å²) in [5.41, 5.74) is 0.893. The smallest absolute Gasteiger partial charge is 0.183 e. The summed E-state index contributed by atoms with van der Waals surface area (Å²) in [6.07, 6.45) is 1.82. The number of thiazole rings is 1. The maximum absolute atomic E-state index is 6.42. The van der Waals surface area contributed by atoms with Gasteiger partial charge in [-0.1, -0.05) is 36.8 Å². The molecule has 1 heterocycles. The molecule has 0 amide bonds. The number of nitrogens with zero attached hydrogens (tertiary/aromatic N) is 1. The first-order valence-electron chi connectivity index (χ1n) is 6.67. The number of methoxy groups -OCH3 is 2. The van der Waals surface area contributed by atoms with E-state index in [1.54, 1.807) is 25.6 Å². The molecule has 0 bridgehead atoms. The van der Waals surface area contributed by atoms with Gasteiger partial charge in [0, 0.05) is 18.3 Å². The predicted molar refractivity (Wildman–Crippen MR) is 89.0 cm³/mol. The number of benzene rings is 1. The molecule has 6 heteroatoms. The summed E-state index contributed by atoms with van der Waals surface area (Å²) in [6, 6.07) is 3.77. The van der Waals surface area contributed by atoms with Crippen molar-refractivity contribution in [3.63, 3.8) is 0 Å². The average molecular weight is 327 g/mol. The van der Waals surface area contributed by atoms with Crippen LogP contribution in [-0.4, -0.2) is 25.7 Å². The van der Waals surface area contributed by atoms with Crippen molar-refractivity contribution in [2.45, 2.75) is 13.8 Å². The Bertz CT molecular complexity index is 614. The molecule has 4 nitrogen and oxygen atoms in total. The maximum Gasteiger partial charge on any atom is 0.183 e. The van der Waals surface area contributed by atoms with E-state index in [2.05, 4.69) is 24.1 Å². The van der Waals surface area contributed by atoms with Crippen LogP contribution in [0.3, 0.4) is 0 Å². The van der Waals surface area contributed by atoms with Gasteiger partial charge in [-0.3, -0.25) is 0 Å². The molecular weight excluding hydrogens is 308 g/mol. The Kier molecular flexibility index (Phi) is 5.31. The first-order valence-corrected chi connectivity index (χ1v) is 7.86. The second-order valence-electron chi connectivity index (χ2n) is 4.97. The monoisotopic (exact) mass is 326 g/mol. The highest BCUT2D eigenvalue weighted by atomic mass is 35.5. The predicted octanol–water partition coefficient (Wildman–Crippen LogP) is 4.55. The van der Waals surface area contributed by atoms with E-state index in [1.807, 2.05) is 18.3 Å². The van der Waals surface area contributed by atoms with Gasteiger partial charge in [0.1, 0.15) is 0 Å². The number of nitrogens with one attached hydrogen (secondary N) is 1. The molecule has 2 aromatic rings. The minimum absolute atomic E-state index is 0.538. The molecule has 21 heavy (non-hydrogen) atoms. The van der Waals surface area contributed by atoms with Gasteiger partial charge < -0.3 is 14.8 Å². The summed E-state index contributed by atoms with van der Waals surface area (Å²) in [4.78, 5) is 5.37. The molecule has 0 aliphatic heterocycles. The van der Waals surface area contributed by atoms with Gasteiger partial charge in [0.25, 0.3) is 0 Å².